The second-order valence-corrected chi connectivity index (χ2v) is 10.0. The summed E-state index contributed by atoms with van der Waals surface area (Å²) in [6.45, 7) is 11.8. The van der Waals surface area contributed by atoms with Gasteiger partial charge in [0, 0.05) is 9.89 Å². The van der Waals surface area contributed by atoms with Crippen LogP contribution in [-0.4, -0.2) is 0 Å². The quantitative estimate of drug-likeness (QED) is 0.358. The zero-order valence-corrected chi connectivity index (χ0v) is 18.3. The van der Waals surface area contributed by atoms with Crippen LogP contribution in [0.5, 0.6) is 0 Å². The van der Waals surface area contributed by atoms with Crippen molar-refractivity contribution in [1.29, 1.82) is 0 Å². The van der Waals surface area contributed by atoms with Crippen LogP contribution in [0, 0.1) is 20.8 Å². The van der Waals surface area contributed by atoms with Crippen molar-refractivity contribution >= 4 is 15.9 Å². The molecular weight excluding hydrogens is 392 g/mol. The van der Waals surface area contributed by atoms with E-state index in [1.165, 1.54) is 43.4 Å². The summed E-state index contributed by atoms with van der Waals surface area (Å²) < 4.78 is 1.17. The summed E-state index contributed by atoms with van der Waals surface area (Å²) in [4.78, 5) is 0. The first-order valence-corrected chi connectivity index (χ1v) is 10.6. The number of rotatable bonds is 0. The van der Waals surface area contributed by atoms with Crippen molar-refractivity contribution in [2.75, 3.05) is 0 Å². The molecule has 5 rings (SSSR count). The fraction of sp³-hybridized carbons (Fsp3) is 0.308. The second-order valence-electron chi connectivity index (χ2n) is 9.09. The molecule has 0 saturated heterocycles. The minimum atomic E-state index is -0.0446. The van der Waals surface area contributed by atoms with E-state index in [9.17, 15) is 0 Å². The highest BCUT2D eigenvalue weighted by Gasteiger charge is 2.55. The van der Waals surface area contributed by atoms with Gasteiger partial charge in [-0.25, -0.2) is 0 Å². The minimum absolute atomic E-state index is 0.0446. The van der Waals surface area contributed by atoms with E-state index in [1.54, 1.807) is 11.1 Å². The standard InChI is InChI=1S/C26H25Br/c1-15-12-16(2)23-24(17(15)3)25(4,5)14-26(23)21-9-7-6-8-19(21)20-11-10-18(27)13-22(20)26/h6-13H,14H2,1-5H3. The predicted octanol–water partition coefficient (Wildman–Crippen LogP) is 7.37. The first-order chi connectivity index (χ1) is 12.8. The van der Waals surface area contributed by atoms with Crippen LogP contribution in [0.3, 0.4) is 0 Å². The molecule has 1 heteroatoms. The smallest absolute Gasteiger partial charge is 0.0477 e. The lowest BCUT2D eigenvalue weighted by molar-refractivity contribution is 0.448. The Morgan fingerprint density at radius 3 is 2.26 bits per heavy atom. The Morgan fingerprint density at radius 1 is 0.778 bits per heavy atom. The molecule has 0 radical (unpaired) electrons. The highest BCUT2D eigenvalue weighted by molar-refractivity contribution is 9.10. The van der Waals surface area contributed by atoms with E-state index in [2.05, 4.69) is 99.1 Å². The van der Waals surface area contributed by atoms with Gasteiger partial charge in [0.2, 0.25) is 0 Å². The second kappa shape index (κ2) is 5.35. The molecule has 0 heterocycles. The molecule has 1 spiro atoms. The number of hydrogen-bond donors (Lipinski definition) is 0. The third kappa shape index (κ3) is 2.04. The molecule has 0 saturated carbocycles. The molecule has 0 N–H and O–H groups in total. The Kier molecular flexibility index (Phi) is 3.42. The van der Waals surface area contributed by atoms with Crippen LogP contribution in [0.2, 0.25) is 0 Å². The molecular formula is C26H25Br. The van der Waals surface area contributed by atoms with Crippen molar-refractivity contribution in [2.45, 2.75) is 51.9 Å². The van der Waals surface area contributed by atoms with Gasteiger partial charge < -0.3 is 0 Å². The zero-order valence-electron chi connectivity index (χ0n) is 16.7. The molecule has 27 heavy (non-hydrogen) atoms. The zero-order chi connectivity index (χ0) is 19.1. The van der Waals surface area contributed by atoms with Crippen LogP contribution in [0.25, 0.3) is 11.1 Å². The largest absolute Gasteiger partial charge is 0.0619 e. The summed E-state index contributed by atoms with van der Waals surface area (Å²) in [5.41, 5.74) is 13.3. The van der Waals surface area contributed by atoms with Gasteiger partial charge >= 0.3 is 0 Å². The van der Waals surface area contributed by atoms with Gasteiger partial charge in [0.1, 0.15) is 0 Å². The normalized spacial score (nSPS) is 21.3. The fourth-order valence-electron chi connectivity index (χ4n) is 6.12. The summed E-state index contributed by atoms with van der Waals surface area (Å²) in [5.74, 6) is 0. The monoisotopic (exact) mass is 416 g/mol. The molecule has 0 fully saturated rings. The van der Waals surface area contributed by atoms with Crippen molar-refractivity contribution < 1.29 is 0 Å². The third-order valence-corrected chi connectivity index (χ3v) is 7.47. The van der Waals surface area contributed by atoms with Crippen molar-refractivity contribution in [3.63, 3.8) is 0 Å². The molecule has 0 nitrogen and oxygen atoms in total. The van der Waals surface area contributed by atoms with Crippen LogP contribution in [0.15, 0.2) is 53.0 Å². The summed E-state index contributed by atoms with van der Waals surface area (Å²) in [7, 11) is 0. The lowest BCUT2D eigenvalue weighted by Crippen LogP contribution is -2.27. The van der Waals surface area contributed by atoms with E-state index in [1.807, 2.05) is 0 Å². The highest BCUT2D eigenvalue weighted by Crippen LogP contribution is 2.64. The molecule has 136 valence electrons. The summed E-state index contributed by atoms with van der Waals surface area (Å²) in [5, 5.41) is 0. The number of halogens is 1. The van der Waals surface area contributed by atoms with Gasteiger partial charge in [0.05, 0.1) is 0 Å². The maximum Gasteiger partial charge on any atom is 0.0477 e. The topological polar surface area (TPSA) is 0 Å². The van der Waals surface area contributed by atoms with E-state index >= 15 is 0 Å². The van der Waals surface area contributed by atoms with Gasteiger partial charge in [-0.15, -0.1) is 0 Å². The van der Waals surface area contributed by atoms with Gasteiger partial charge in [0.15, 0.2) is 0 Å². The molecule has 0 bridgehead atoms. The third-order valence-electron chi connectivity index (χ3n) is 6.97. The maximum atomic E-state index is 3.75. The average molecular weight is 417 g/mol. The minimum Gasteiger partial charge on any atom is -0.0619 e. The predicted molar refractivity (Wildman–Crippen MR) is 118 cm³/mol. The Bertz CT molecular complexity index is 1120. The number of fused-ring (bicyclic) bond motifs is 7. The van der Waals surface area contributed by atoms with Gasteiger partial charge in [-0.1, -0.05) is 66.2 Å². The summed E-state index contributed by atoms with van der Waals surface area (Å²) in [6, 6.07) is 18.3. The van der Waals surface area contributed by atoms with Crippen LogP contribution in [0.1, 0.15) is 59.2 Å². The van der Waals surface area contributed by atoms with E-state index in [0.29, 0.717) is 0 Å². The molecule has 0 amide bonds. The van der Waals surface area contributed by atoms with Gasteiger partial charge in [-0.05, 0) is 94.8 Å². The average Bonchev–Trinajstić information content (AvgIpc) is 3.03. The molecule has 3 aromatic carbocycles. The molecule has 0 aliphatic heterocycles. The molecule has 1 atom stereocenters. The van der Waals surface area contributed by atoms with Crippen molar-refractivity contribution in [1.82, 2.24) is 0 Å². The van der Waals surface area contributed by atoms with Gasteiger partial charge in [0.25, 0.3) is 0 Å². The van der Waals surface area contributed by atoms with E-state index < -0.39 is 0 Å². The first kappa shape index (κ1) is 17.3. The van der Waals surface area contributed by atoms with Gasteiger partial charge in [-0.2, -0.15) is 0 Å². The van der Waals surface area contributed by atoms with Crippen LogP contribution >= 0.6 is 15.9 Å². The highest BCUT2D eigenvalue weighted by atomic mass is 79.9. The SMILES string of the molecule is Cc1cc(C)c2c(c1C)C(C)(C)CC21c2ccccc2-c2ccc(Br)cc21. The molecule has 2 aliphatic carbocycles. The number of benzene rings is 3. The fourth-order valence-corrected chi connectivity index (χ4v) is 6.48. The first-order valence-electron chi connectivity index (χ1n) is 9.79. The Balaban J connectivity index is 1.99. The van der Waals surface area contributed by atoms with Crippen LogP contribution in [0.4, 0.5) is 0 Å². The lowest BCUT2D eigenvalue weighted by atomic mass is 9.70. The van der Waals surface area contributed by atoms with Crippen molar-refractivity contribution in [2.24, 2.45) is 0 Å². The Morgan fingerprint density at radius 2 is 1.48 bits per heavy atom. The van der Waals surface area contributed by atoms with E-state index in [4.69, 9.17) is 0 Å². The Labute approximate surface area is 170 Å². The van der Waals surface area contributed by atoms with Crippen LogP contribution < -0.4 is 0 Å². The molecule has 0 aromatic heterocycles. The van der Waals surface area contributed by atoms with Gasteiger partial charge in [-0.3, -0.25) is 0 Å². The van der Waals surface area contributed by atoms with Crippen LogP contribution in [-0.2, 0) is 10.8 Å². The maximum absolute atomic E-state index is 3.75. The van der Waals surface area contributed by atoms with Crippen molar-refractivity contribution in [3.05, 3.63) is 91.9 Å². The summed E-state index contributed by atoms with van der Waals surface area (Å²) in [6.07, 6.45) is 1.13. The number of aryl methyl sites for hydroxylation is 2. The van der Waals surface area contributed by atoms with E-state index in [0.717, 1.165) is 6.42 Å². The molecule has 3 aromatic rings. The number of hydrogen-bond acceptors (Lipinski definition) is 0. The Hall–Kier alpha value is -1.86. The molecule has 1 unspecified atom stereocenters. The summed E-state index contributed by atoms with van der Waals surface area (Å²) >= 11 is 3.75. The van der Waals surface area contributed by atoms with E-state index in [-0.39, 0.29) is 10.8 Å². The lowest BCUT2D eigenvalue weighted by Gasteiger charge is -2.31. The molecule has 2 aliphatic rings. The van der Waals surface area contributed by atoms with Crippen molar-refractivity contribution in [3.8, 4) is 11.1 Å².